The van der Waals surface area contributed by atoms with Crippen LogP contribution < -0.4 is 16.2 Å². The Labute approximate surface area is 122 Å². The molecule has 0 aliphatic carbocycles. The van der Waals surface area contributed by atoms with Crippen molar-refractivity contribution in [3.63, 3.8) is 0 Å². The predicted molar refractivity (Wildman–Crippen MR) is 86.0 cm³/mol. The van der Waals surface area contributed by atoms with Crippen LogP contribution in [-0.4, -0.2) is 17.0 Å². The minimum absolute atomic E-state index is 0.193. The summed E-state index contributed by atoms with van der Waals surface area (Å²) >= 11 is 0. The highest BCUT2D eigenvalue weighted by Gasteiger charge is 2.09. The monoisotopic (exact) mass is 280 g/mol. The maximum Gasteiger partial charge on any atom is 0.260 e. The molecule has 0 aliphatic heterocycles. The van der Waals surface area contributed by atoms with Crippen LogP contribution in [0.25, 0.3) is 10.9 Å². The molecule has 0 unspecified atom stereocenters. The van der Waals surface area contributed by atoms with Crippen LogP contribution in [-0.2, 0) is 0 Å². The number of aromatic nitrogens is 2. The second-order valence-corrected chi connectivity index (χ2v) is 5.06. The van der Waals surface area contributed by atoms with Gasteiger partial charge in [0.15, 0.2) is 0 Å². The fourth-order valence-corrected chi connectivity index (χ4v) is 2.19. The largest absolute Gasteiger partial charge is 0.399 e. The molecule has 2 aromatic carbocycles. The summed E-state index contributed by atoms with van der Waals surface area (Å²) in [5.41, 5.74) is 8.83. The fraction of sp³-hybridized carbons (Fsp3) is 0.125. The second-order valence-electron chi connectivity index (χ2n) is 5.06. The first kappa shape index (κ1) is 13.2. The van der Waals surface area contributed by atoms with Gasteiger partial charge in [-0.1, -0.05) is 17.7 Å². The van der Waals surface area contributed by atoms with Crippen molar-refractivity contribution >= 4 is 28.2 Å². The molecule has 0 saturated heterocycles. The molecule has 106 valence electrons. The van der Waals surface area contributed by atoms with Crippen LogP contribution in [0, 0.1) is 6.92 Å². The molecule has 1 aromatic heterocycles. The molecule has 5 heteroatoms. The van der Waals surface area contributed by atoms with Gasteiger partial charge in [-0.15, -0.1) is 0 Å². The van der Waals surface area contributed by atoms with Gasteiger partial charge in [0, 0.05) is 18.4 Å². The summed E-state index contributed by atoms with van der Waals surface area (Å²) in [6.07, 6.45) is 0. The first-order valence-corrected chi connectivity index (χ1v) is 6.64. The highest BCUT2D eigenvalue weighted by atomic mass is 16.1. The summed E-state index contributed by atoms with van der Waals surface area (Å²) < 4.78 is 0. The molecule has 1 heterocycles. The minimum atomic E-state index is -0.193. The zero-order valence-electron chi connectivity index (χ0n) is 11.9. The van der Waals surface area contributed by atoms with Gasteiger partial charge >= 0.3 is 0 Å². The molecule has 0 fully saturated rings. The van der Waals surface area contributed by atoms with Gasteiger partial charge in [-0.25, -0.2) is 4.98 Å². The average Bonchev–Trinajstić information content (AvgIpc) is 2.48. The van der Waals surface area contributed by atoms with Crippen molar-refractivity contribution in [2.75, 3.05) is 17.7 Å². The molecule has 0 bridgehead atoms. The lowest BCUT2D eigenvalue weighted by molar-refractivity contribution is 1.05. The number of hydrogen-bond acceptors (Lipinski definition) is 4. The van der Waals surface area contributed by atoms with E-state index < -0.39 is 0 Å². The molecule has 0 saturated carbocycles. The number of benzene rings is 2. The van der Waals surface area contributed by atoms with Crippen LogP contribution in [0.5, 0.6) is 0 Å². The Kier molecular flexibility index (Phi) is 3.10. The van der Waals surface area contributed by atoms with Gasteiger partial charge in [-0.05, 0) is 37.3 Å². The number of H-pyrrole nitrogens is 1. The van der Waals surface area contributed by atoms with Gasteiger partial charge in [0.2, 0.25) is 5.95 Å². The first-order chi connectivity index (χ1) is 10.0. The van der Waals surface area contributed by atoms with E-state index in [2.05, 4.69) is 9.97 Å². The van der Waals surface area contributed by atoms with Crippen molar-refractivity contribution in [2.45, 2.75) is 6.92 Å². The lowest BCUT2D eigenvalue weighted by Crippen LogP contribution is -2.18. The van der Waals surface area contributed by atoms with Gasteiger partial charge in [0.1, 0.15) is 0 Å². The third kappa shape index (κ3) is 2.45. The Morgan fingerprint density at radius 1 is 1.14 bits per heavy atom. The first-order valence-electron chi connectivity index (χ1n) is 6.64. The number of rotatable bonds is 2. The number of nitrogens with two attached hydrogens (primary N) is 1. The van der Waals surface area contributed by atoms with Crippen molar-refractivity contribution in [2.24, 2.45) is 0 Å². The van der Waals surface area contributed by atoms with E-state index in [1.165, 1.54) is 5.56 Å². The fourth-order valence-electron chi connectivity index (χ4n) is 2.19. The summed E-state index contributed by atoms with van der Waals surface area (Å²) in [5.74, 6) is 0.501. The van der Waals surface area contributed by atoms with E-state index >= 15 is 0 Å². The van der Waals surface area contributed by atoms with E-state index in [0.29, 0.717) is 22.5 Å². The normalized spacial score (nSPS) is 10.8. The molecule has 0 aliphatic rings. The van der Waals surface area contributed by atoms with Gasteiger partial charge in [-0.3, -0.25) is 9.78 Å². The average molecular weight is 280 g/mol. The van der Waals surface area contributed by atoms with Crippen LogP contribution in [0.1, 0.15) is 5.56 Å². The number of nitrogens with one attached hydrogen (secondary N) is 1. The molecular weight excluding hydrogens is 264 g/mol. The number of nitrogens with zero attached hydrogens (tertiary/aromatic N) is 2. The maximum absolute atomic E-state index is 12.2. The van der Waals surface area contributed by atoms with E-state index in [4.69, 9.17) is 5.73 Å². The summed E-state index contributed by atoms with van der Waals surface area (Å²) in [5, 5.41) is 0.496. The number of hydrogen-bond donors (Lipinski definition) is 2. The van der Waals surface area contributed by atoms with E-state index in [-0.39, 0.29) is 5.56 Å². The summed E-state index contributed by atoms with van der Waals surface area (Å²) in [7, 11) is 1.87. The molecule has 5 nitrogen and oxygen atoms in total. The standard InChI is InChI=1S/C16H16N4O/c1-10-3-6-12(7-4-10)20(2)16-18-14-8-5-11(17)9-13(14)15(21)19-16/h3-9H,17H2,1-2H3,(H,18,19,21). The highest BCUT2D eigenvalue weighted by molar-refractivity contribution is 5.82. The van der Waals surface area contributed by atoms with E-state index in [1.807, 2.05) is 43.1 Å². The van der Waals surface area contributed by atoms with Gasteiger partial charge < -0.3 is 10.6 Å². The van der Waals surface area contributed by atoms with Gasteiger partial charge in [-0.2, -0.15) is 0 Å². The third-order valence-electron chi connectivity index (χ3n) is 3.46. The van der Waals surface area contributed by atoms with Crippen LogP contribution in [0.4, 0.5) is 17.3 Å². The van der Waals surface area contributed by atoms with Crippen molar-refractivity contribution in [3.8, 4) is 0 Å². The van der Waals surface area contributed by atoms with Gasteiger partial charge in [0.05, 0.1) is 10.9 Å². The second kappa shape index (κ2) is 4.94. The maximum atomic E-state index is 12.2. The Morgan fingerprint density at radius 2 is 1.86 bits per heavy atom. The van der Waals surface area contributed by atoms with Crippen LogP contribution in [0.15, 0.2) is 47.3 Å². The van der Waals surface area contributed by atoms with Crippen molar-refractivity contribution < 1.29 is 0 Å². The molecule has 0 atom stereocenters. The number of aryl methyl sites for hydroxylation is 1. The van der Waals surface area contributed by atoms with E-state index in [9.17, 15) is 4.79 Å². The topological polar surface area (TPSA) is 75.0 Å². The lowest BCUT2D eigenvalue weighted by Gasteiger charge is -2.18. The number of fused-ring (bicyclic) bond motifs is 1. The van der Waals surface area contributed by atoms with E-state index in [1.54, 1.807) is 18.2 Å². The Hall–Kier alpha value is -2.82. The molecule has 3 N–H and O–H groups in total. The Morgan fingerprint density at radius 3 is 2.57 bits per heavy atom. The molecule has 0 amide bonds. The molecular formula is C16H16N4O. The minimum Gasteiger partial charge on any atom is -0.399 e. The van der Waals surface area contributed by atoms with Crippen molar-refractivity contribution in [1.29, 1.82) is 0 Å². The lowest BCUT2D eigenvalue weighted by atomic mass is 10.2. The summed E-state index contributed by atoms with van der Waals surface area (Å²) in [4.78, 5) is 21.3. The quantitative estimate of drug-likeness (QED) is 0.707. The SMILES string of the molecule is Cc1ccc(N(C)c2nc3ccc(N)cc3c(=O)[nH]2)cc1. The predicted octanol–water partition coefficient (Wildman–Crippen LogP) is 2.58. The van der Waals surface area contributed by atoms with Crippen molar-refractivity contribution in [3.05, 3.63) is 58.4 Å². The third-order valence-corrected chi connectivity index (χ3v) is 3.46. The Balaban J connectivity index is 2.10. The number of aromatic amines is 1. The number of nitrogen functional groups attached to an aromatic ring is 1. The number of anilines is 3. The zero-order valence-corrected chi connectivity index (χ0v) is 11.9. The van der Waals surface area contributed by atoms with Gasteiger partial charge in [0.25, 0.3) is 5.56 Å². The van der Waals surface area contributed by atoms with Crippen LogP contribution in [0.3, 0.4) is 0 Å². The molecule has 0 radical (unpaired) electrons. The Bertz CT molecular complexity index is 852. The summed E-state index contributed by atoms with van der Waals surface area (Å²) in [6.45, 7) is 2.03. The smallest absolute Gasteiger partial charge is 0.260 e. The zero-order chi connectivity index (χ0) is 15.0. The van der Waals surface area contributed by atoms with Crippen molar-refractivity contribution in [1.82, 2.24) is 9.97 Å². The summed E-state index contributed by atoms with van der Waals surface area (Å²) in [6, 6.07) is 13.1. The van der Waals surface area contributed by atoms with E-state index in [0.717, 1.165) is 5.69 Å². The molecule has 3 aromatic rings. The highest BCUT2D eigenvalue weighted by Crippen LogP contribution is 2.21. The molecule has 3 rings (SSSR count). The van der Waals surface area contributed by atoms with Crippen LogP contribution in [0.2, 0.25) is 0 Å². The molecule has 21 heavy (non-hydrogen) atoms. The molecule has 0 spiro atoms. The van der Waals surface area contributed by atoms with Crippen LogP contribution >= 0.6 is 0 Å².